The lowest BCUT2D eigenvalue weighted by molar-refractivity contribution is -0.125. The molecule has 0 aromatic heterocycles. The quantitative estimate of drug-likeness (QED) is 0.749. The highest BCUT2D eigenvalue weighted by Crippen LogP contribution is 2.27. The fraction of sp³-hybridized carbons (Fsp3) is 1.00. The molecule has 0 bridgehead atoms. The summed E-state index contributed by atoms with van der Waals surface area (Å²) in [4.78, 5) is 2.27. The van der Waals surface area contributed by atoms with Gasteiger partial charge in [-0.2, -0.15) is 13.2 Å². The molecule has 0 aliphatic heterocycles. The zero-order valence-electron chi connectivity index (χ0n) is 10.7. The molecule has 1 atom stereocenters. The third kappa shape index (κ3) is 5.73. The Bertz CT molecular complexity index is 214. The van der Waals surface area contributed by atoms with Crippen LogP contribution in [0.2, 0.25) is 0 Å². The van der Waals surface area contributed by atoms with Gasteiger partial charge in [-0.25, -0.2) is 0 Å². The van der Waals surface area contributed by atoms with E-state index in [2.05, 4.69) is 17.1 Å². The van der Waals surface area contributed by atoms with E-state index in [-0.39, 0.29) is 6.04 Å². The first kappa shape index (κ1) is 14.8. The summed E-state index contributed by atoms with van der Waals surface area (Å²) < 4.78 is 36.0. The molecule has 1 fully saturated rings. The Morgan fingerprint density at radius 3 is 2.41 bits per heavy atom. The van der Waals surface area contributed by atoms with E-state index in [1.165, 1.54) is 19.3 Å². The van der Waals surface area contributed by atoms with Crippen molar-refractivity contribution < 1.29 is 13.2 Å². The van der Waals surface area contributed by atoms with Crippen LogP contribution in [-0.2, 0) is 0 Å². The molecule has 1 saturated carbocycles. The maximum atomic E-state index is 12.0. The molecule has 0 heterocycles. The van der Waals surface area contributed by atoms with Crippen LogP contribution in [0.3, 0.4) is 0 Å². The van der Waals surface area contributed by atoms with Crippen LogP contribution in [0.5, 0.6) is 0 Å². The lowest BCUT2D eigenvalue weighted by Crippen LogP contribution is -2.45. The number of hydrogen-bond acceptors (Lipinski definition) is 2. The van der Waals surface area contributed by atoms with Crippen molar-refractivity contribution in [2.45, 2.75) is 45.3 Å². The van der Waals surface area contributed by atoms with E-state index in [1.54, 1.807) is 0 Å². The summed E-state index contributed by atoms with van der Waals surface area (Å²) in [6.07, 6.45) is -0.244. The maximum Gasteiger partial charge on any atom is 0.401 e. The standard InChI is InChI=1S/C12H23F3N2/c1-3-17(8-11-5-4-6-11)10(2)7-16-9-12(13,14)15/h10-11,16H,3-9H2,1-2H3. The Labute approximate surface area is 102 Å². The van der Waals surface area contributed by atoms with Crippen LogP contribution < -0.4 is 5.32 Å². The summed E-state index contributed by atoms with van der Waals surface area (Å²) in [6, 6.07) is 0.169. The highest BCUT2D eigenvalue weighted by atomic mass is 19.4. The molecule has 1 N–H and O–H groups in total. The topological polar surface area (TPSA) is 15.3 Å². The van der Waals surface area contributed by atoms with E-state index in [4.69, 9.17) is 0 Å². The summed E-state index contributed by atoms with van der Waals surface area (Å²) in [5.74, 6) is 0.764. The zero-order valence-corrected chi connectivity index (χ0v) is 10.7. The van der Waals surface area contributed by atoms with Crippen molar-refractivity contribution in [1.29, 1.82) is 0 Å². The molecule has 0 radical (unpaired) electrons. The monoisotopic (exact) mass is 252 g/mol. The van der Waals surface area contributed by atoms with Crippen molar-refractivity contribution in [1.82, 2.24) is 10.2 Å². The van der Waals surface area contributed by atoms with Gasteiger partial charge in [0.05, 0.1) is 6.54 Å². The Kier molecular flexibility index (Phi) is 5.73. The molecule has 1 aliphatic carbocycles. The lowest BCUT2D eigenvalue weighted by Gasteiger charge is -2.35. The molecule has 1 unspecified atom stereocenters. The van der Waals surface area contributed by atoms with Gasteiger partial charge in [-0.1, -0.05) is 13.3 Å². The van der Waals surface area contributed by atoms with Gasteiger partial charge in [0.15, 0.2) is 0 Å². The molecule has 0 aromatic rings. The number of hydrogen-bond donors (Lipinski definition) is 1. The molecule has 0 aromatic carbocycles. The highest BCUT2D eigenvalue weighted by Gasteiger charge is 2.27. The van der Waals surface area contributed by atoms with Crippen LogP contribution in [0.1, 0.15) is 33.1 Å². The minimum Gasteiger partial charge on any atom is -0.307 e. The zero-order chi connectivity index (χ0) is 12.9. The van der Waals surface area contributed by atoms with Crippen LogP contribution in [0.15, 0.2) is 0 Å². The predicted molar refractivity (Wildman–Crippen MR) is 63.0 cm³/mol. The molecule has 0 spiro atoms. The number of alkyl halides is 3. The molecule has 0 saturated heterocycles. The van der Waals surface area contributed by atoms with Gasteiger partial charge < -0.3 is 5.32 Å². The number of likely N-dealkylation sites (N-methyl/N-ethyl adjacent to an activating group) is 1. The van der Waals surface area contributed by atoms with E-state index in [0.717, 1.165) is 19.0 Å². The summed E-state index contributed by atoms with van der Waals surface area (Å²) in [6.45, 7) is 5.51. The molecular formula is C12H23F3N2. The third-order valence-electron chi connectivity index (χ3n) is 3.51. The van der Waals surface area contributed by atoms with Gasteiger partial charge in [0.2, 0.25) is 0 Å². The largest absolute Gasteiger partial charge is 0.401 e. The second-order valence-electron chi connectivity index (χ2n) is 4.98. The Balaban J connectivity index is 2.20. The third-order valence-corrected chi connectivity index (χ3v) is 3.51. The Morgan fingerprint density at radius 1 is 1.35 bits per heavy atom. The summed E-state index contributed by atoms with van der Waals surface area (Å²) in [5, 5.41) is 2.48. The van der Waals surface area contributed by atoms with E-state index in [9.17, 15) is 13.2 Å². The normalized spacial score (nSPS) is 19.4. The van der Waals surface area contributed by atoms with E-state index in [0.29, 0.717) is 6.54 Å². The smallest absolute Gasteiger partial charge is 0.307 e. The van der Waals surface area contributed by atoms with Gasteiger partial charge in [0, 0.05) is 19.1 Å². The van der Waals surface area contributed by atoms with E-state index < -0.39 is 12.7 Å². The minimum absolute atomic E-state index is 0.169. The Hall–Kier alpha value is -0.290. The number of nitrogens with zero attached hydrogens (tertiary/aromatic N) is 1. The second kappa shape index (κ2) is 6.59. The highest BCUT2D eigenvalue weighted by molar-refractivity contribution is 4.77. The summed E-state index contributed by atoms with van der Waals surface area (Å²) in [7, 11) is 0. The van der Waals surface area contributed by atoms with Crippen molar-refractivity contribution >= 4 is 0 Å². The van der Waals surface area contributed by atoms with E-state index >= 15 is 0 Å². The molecule has 1 rings (SSSR count). The molecule has 2 nitrogen and oxygen atoms in total. The van der Waals surface area contributed by atoms with Gasteiger partial charge in [-0.05, 0) is 32.2 Å². The van der Waals surface area contributed by atoms with Crippen molar-refractivity contribution in [3.05, 3.63) is 0 Å². The van der Waals surface area contributed by atoms with Gasteiger partial charge in [0.25, 0.3) is 0 Å². The van der Waals surface area contributed by atoms with Gasteiger partial charge in [0.1, 0.15) is 0 Å². The first-order valence-corrected chi connectivity index (χ1v) is 6.44. The summed E-state index contributed by atoms with van der Waals surface area (Å²) >= 11 is 0. The van der Waals surface area contributed by atoms with Gasteiger partial charge in [-0.15, -0.1) is 0 Å². The van der Waals surface area contributed by atoms with Crippen LogP contribution in [0, 0.1) is 5.92 Å². The fourth-order valence-electron chi connectivity index (χ4n) is 2.18. The lowest BCUT2D eigenvalue weighted by atomic mass is 9.85. The van der Waals surface area contributed by atoms with Gasteiger partial charge in [-0.3, -0.25) is 4.90 Å². The van der Waals surface area contributed by atoms with Crippen LogP contribution >= 0.6 is 0 Å². The average Bonchev–Trinajstić information content (AvgIpc) is 2.14. The molecule has 0 amide bonds. The number of rotatable bonds is 7. The summed E-state index contributed by atoms with van der Waals surface area (Å²) in [5.41, 5.74) is 0. The SMILES string of the molecule is CCN(CC1CCC1)C(C)CNCC(F)(F)F. The molecule has 5 heteroatoms. The van der Waals surface area contributed by atoms with Crippen molar-refractivity contribution in [2.75, 3.05) is 26.2 Å². The number of nitrogens with one attached hydrogen (secondary N) is 1. The molecule has 1 aliphatic rings. The van der Waals surface area contributed by atoms with E-state index in [1.807, 2.05) is 6.92 Å². The minimum atomic E-state index is -4.11. The molecule has 17 heavy (non-hydrogen) atoms. The van der Waals surface area contributed by atoms with Crippen LogP contribution in [-0.4, -0.2) is 43.3 Å². The average molecular weight is 252 g/mol. The first-order valence-electron chi connectivity index (χ1n) is 6.44. The van der Waals surface area contributed by atoms with Gasteiger partial charge >= 0.3 is 6.18 Å². The fourth-order valence-corrected chi connectivity index (χ4v) is 2.18. The van der Waals surface area contributed by atoms with Crippen LogP contribution in [0.25, 0.3) is 0 Å². The molecule has 102 valence electrons. The van der Waals surface area contributed by atoms with Crippen molar-refractivity contribution in [3.8, 4) is 0 Å². The first-order chi connectivity index (χ1) is 7.92. The number of halogens is 3. The van der Waals surface area contributed by atoms with Crippen molar-refractivity contribution in [2.24, 2.45) is 5.92 Å². The second-order valence-corrected chi connectivity index (χ2v) is 4.98. The maximum absolute atomic E-state index is 12.0. The van der Waals surface area contributed by atoms with Crippen LogP contribution in [0.4, 0.5) is 13.2 Å². The molecular weight excluding hydrogens is 229 g/mol. The predicted octanol–water partition coefficient (Wildman–Crippen LogP) is 2.65. The van der Waals surface area contributed by atoms with Crippen molar-refractivity contribution in [3.63, 3.8) is 0 Å². The Morgan fingerprint density at radius 2 is 2.00 bits per heavy atom.